The van der Waals surface area contributed by atoms with Gasteiger partial charge in [0.2, 0.25) is 5.91 Å². The van der Waals surface area contributed by atoms with Crippen molar-refractivity contribution in [2.75, 3.05) is 48.8 Å². The molecule has 2 fully saturated rings. The second-order valence-corrected chi connectivity index (χ2v) is 8.96. The van der Waals surface area contributed by atoms with Crippen LogP contribution >= 0.6 is 11.8 Å². The molecule has 0 radical (unpaired) electrons. The molecule has 158 valence electrons. The van der Waals surface area contributed by atoms with E-state index < -0.39 is 0 Å². The number of benzene rings is 1. The van der Waals surface area contributed by atoms with Crippen LogP contribution in [0.15, 0.2) is 41.9 Å². The van der Waals surface area contributed by atoms with E-state index in [0.29, 0.717) is 6.42 Å². The smallest absolute Gasteiger partial charge is 0.227 e. The minimum Gasteiger partial charge on any atom is -0.368 e. The highest BCUT2D eigenvalue weighted by Gasteiger charge is 2.24. The van der Waals surface area contributed by atoms with Gasteiger partial charge < -0.3 is 14.7 Å². The van der Waals surface area contributed by atoms with Crippen LogP contribution in [-0.4, -0.2) is 54.8 Å². The average molecular weight is 423 g/mol. The Morgan fingerprint density at radius 2 is 1.87 bits per heavy atom. The number of amides is 1. The first-order chi connectivity index (χ1) is 14.5. The maximum absolute atomic E-state index is 12.1. The van der Waals surface area contributed by atoms with Crippen LogP contribution < -0.4 is 9.80 Å². The molecule has 1 amide bonds. The zero-order chi connectivity index (χ0) is 21.3. The highest BCUT2D eigenvalue weighted by atomic mass is 32.2. The molecule has 1 aromatic carbocycles. The molecule has 2 saturated heterocycles. The van der Waals surface area contributed by atoms with Gasteiger partial charge in [0.25, 0.3) is 0 Å². The normalized spacial score (nSPS) is 17.0. The summed E-state index contributed by atoms with van der Waals surface area (Å²) < 4.78 is 0. The molecule has 2 aromatic rings. The molecule has 30 heavy (non-hydrogen) atoms. The van der Waals surface area contributed by atoms with E-state index in [1.165, 1.54) is 16.0 Å². The first-order valence-corrected chi connectivity index (χ1v) is 11.8. The van der Waals surface area contributed by atoms with E-state index >= 15 is 0 Å². The zero-order valence-electron chi connectivity index (χ0n) is 18.1. The Morgan fingerprint density at radius 3 is 2.50 bits per heavy atom. The van der Waals surface area contributed by atoms with E-state index in [0.717, 1.165) is 61.9 Å². The molecule has 2 aliphatic heterocycles. The molecule has 3 heterocycles. The lowest BCUT2D eigenvalue weighted by atomic mass is 10.1. The number of aryl methyl sites for hydroxylation is 2. The van der Waals surface area contributed by atoms with E-state index in [1.807, 2.05) is 11.1 Å². The molecule has 0 unspecified atom stereocenters. The second-order valence-electron chi connectivity index (χ2n) is 8.11. The maximum Gasteiger partial charge on any atom is 0.227 e. The summed E-state index contributed by atoms with van der Waals surface area (Å²) in [6, 6.07) is 8.54. The molecule has 1 aromatic heterocycles. The molecule has 0 N–H and O–H groups in total. The standard InChI is InChI=1S/C24H30N4OS/c1-17-14-18(2)24(25-16-17)27-12-10-26(11-13-27)19(3)21-8-7-20(15-22(21)30-4)28-9-5-6-23(28)29/h7-8,14-16H,3,5-6,9-13H2,1-2,4H3. The summed E-state index contributed by atoms with van der Waals surface area (Å²) in [6.45, 7) is 13.2. The summed E-state index contributed by atoms with van der Waals surface area (Å²) in [5, 5.41) is 0. The van der Waals surface area contributed by atoms with E-state index in [9.17, 15) is 4.79 Å². The Balaban J connectivity index is 1.46. The molecular formula is C24H30N4OS. The van der Waals surface area contributed by atoms with E-state index in [4.69, 9.17) is 0 Å². The van der Waals surface area contributed by atoms with Crippen molar-refractivity contribution in [2.45, 2.75) is 31.6 Å². The van der Waals surface area contributed by atoms with Crippen molar-refractivity contribution in [3.05, 3.63) is 53.7 Å². The summed E-state index contributed by atoms with van der Waals surface area (Å²) in [5.41, 5.74) is 5.66. The molecule has 0 aliphatic carbocycles. The number of anilines is 2. The van der Waals surface area contributed by atoms with Crippen molar-refractivity contribution >= 4 is 34.9 Å². The molecule has 6 heteroatoms. The van der Waals surface area contributed by atoms with Gasteiger partial charge in [0.1, 0.15) is 5.82 Å². The number of carbonyl (C=O) groups excluding carboxylic acids is 1. The number of carbonyl (C=O) groups is 1. The van der Waals surface area contributed by atoms with Crippen molar-refractivity contribution in [3.8, 4) is 0 Å². The monoisotopic (exact) mass is 422 g/mol. The third-order valence-corrected chi connectivity index (χ3v) is 6.81. The Hall–Kier alpha value is -2.47. The third kappa shape index (κ3) is 4.06. The summed E-state index contributed by atoms with van der Waals surface area (Å²) in [6.07, 6.45) is 5.64. The molecule has 0 saturated carbocycles. The first-order valence-electron chi connectivity index (χ1n) is 10.6. The van der Waals surface area contributed by atoms with Crippen LogP contribution in [0.2, 0.25) is 0 Å². The number of pyridine rings is 1. The molecule has 0 atom stereocenters. The summed E-state index contributed by atoms with van der Waals surface area (Å²) in [7, 11) is 0. The van der Waals surface area contributed by atoms with Crippen LogP contribution in [0.25, 0.3) is 5.70 Å². The van der Waals surface area contributed by atoms with Gasteiger partial charge in [-0.1, -0.05) is 12.6 Å². The Kier molecular flexibility index (Phi) is 6.04. The number of piperazine rings is 1. The predicted molar refractivity (Wildman–Crippen MR) is 126 cm³/mol. The fourth-order valence-electron chi connectivity index (χ4n) is 4.41. The summed E-state index contributed by atoms with van der Waals surface area (Å²) >= 11 is 1.72. The molecule has 0 spiro atoms. The average Bonchev–Trinajstić information content (AvgIpc) is 3.19. The van der Waals surface area contributed by atoms with Crippen LogP contribution in [0.5, 0.6) is 0 Å². The number of rotatable bonds is 5. The number of aromatic nitrogens is 1. The van der Waals surface area contributed by atoms with Crippen molar-refractivity contribution in [2.24, 2.45) is 0 Å². The quantitative estimate of drug-likeness (QED) is 0.671. The summed E-state index contributed by atoms with van der Waals surface area (Å²) in [5.74, 6) is 1.32. The van der Waals surface area contributed by atoms with Gasteiger partial charge >= 0.3 is 0 Å². The van der Waals surface area contributed by atoms with Crippen molar-refractivity contribution in [1.29, 1.82) is 0 Å². The third-order valence-electron chi connectivity index (χ3n) is 6.03. The minimum atomic E-state index is 0.227. The lowest BCUT2D eigenvalue weighted by Gasteiger charge is -2.38. The lowest BCUT2D eigenvalue weighted by Crippen LogP contribution is -2.46. The van der Waals surface area contributed by atoms with Crippen molar-refractivity contribution in [3.63, 3.8) is 0 Å². The van der Waals surface area contributed by atoms with Gasteiger partial charge in [0.05, 0.1) is 0 Å². The first kappa shape index (κ1) is 20.8. The lowest BCUT2D eigenvalue weighted by molar-refractivity contribution is -0.117. The highest BCUT2D eigenvalue weighted by molar-refractivity contribution is 7.98. The van der Waals surface area contributed by atoms with Crippen molar-refractivity contribution in [1.82, 2.24) is 9.88 Å². The van der Waals surface area contributed by atoms with Gasteiger partial charge in [0, 0.05) is 67.2 Å². The van der Waals surface area contributed by atoms with Crippen LogP contribution in [0, 0.1) is 13.8 Å². The molecular weight excluding hydrogens is 392 g/mol. The topological polar surface area (TPSA) is 39.7 Å². The number of hydrogen-bond acceptors (Lipinski definition) is 5. The molecule has 5 nitrogen and oxygen atoms in total. The fraction of sp³-hybridized carbons (Fsp3) is 0.417. The summed E-state index contributed by atoms with van der Waals surface area (Å²) in [4.78, 5) is 24.6. The Labute approximate surface area is 183 Å². The zero-order valence-corrected chi connectivity index (χ0v) is 19.0. The van der Waals surface area contributed by atoms with E-state index in [1.54, 1.807) is 11.8 Å². The van der Waals surface area contributed by atoms with E-state index in [-0.39, 0.29) is 5.91 Å². The van der Waals surface area contributed by atoms with Gasteiger partial charge in [0.15, 0.2) is 0 Å². The number of hydrogen-bond donors (Lipinski definition) is 0. The van der Waals surface area contributed by atoms with Gasteiger partial charge in [-0.25, -0.2) is 4.98 Å². The van der Waals surface area contributed by atoms with Crippen LogP contribution in [0.1, 0.15) is 29.5 Å². The molecule has 0 bridgehead atoms. The largest absolute Gasteiger partial charge is 0.368 e. The van der Waals surface area contributed by atoms with Crippen LogP contribution in [0.4, 0.5) is 11.5 Å². The fourth-order valence-corrected chi connectivity index (χ4v) is 5.05. The van der Waals surface area contributed by atoms with E-state index in [2.05, 4.69) is 65.7 Å². The Bertz CT molecular complexity index is 966. The number of nitrogens with zero attached hydrogens (tertiary/aromatic N) is 4. The minimum absolute atomic E-state index is 0.227. The van der Waals surface area contributed by atoms with Crippen molar-refractivity contribution < 1.29 is 4.79 Å². The van der Waals surface area contributed by atoms with Gasteiger partial charge in [-0.15, -0.1) is 11.8 Å². The predicted octanol–water partition coefficient (Wildman–Crippen LogP) is 4.34. The molecule has 2 aliphatic rings. The number of thioether (sulfide) groups is 1. The molecule has 4 rings (SSSR count). The maximum atomic E-state index is 12.1. The van der Waals surface area contributed by atoms with Gasteiger partial charge in [-0.05, 0) is 55.9 Å². The van der Waals surface area contributed by atoms with Crippen LogP contribution in [0.3, 0.4) is 0 Å². The van der Waals surface area contributed by atoms with Gasteiger partial charge in [-0.2, -0.15) is 0 Å². The Morgan fingerprint density at radius 1 is 1.10 bits per heavy atom. The highest BCUT2D eigenvalue weighted by Crippen LogP contribution is 2.34. The van der Waals surface area contributed by atoms with Gasteiger partial charge in [-0.3, -0.25) is 4.79 Å². The SMILES string of the molecule is C=C(c1ccc(N2CCCC2=O)cc1SC)N1CCN(c2ncc(C)cc2C)CC1. The second kappa shape index (κ2) is 8.72. The van der Waals surface area contributed by atoms with Crippen LogP contribution in [-0.2, 0) is 4.79 Å².